The van der Waals surface area contributed by atoms with E-state index in [9.17, 15) is 9.59 Å². The van der Waals surface area contributed by atoms with Crippen molar-refractivity contribution >= 4 is 11.9 Å². The van der Waals surface area contributed by atoms with E-state index in [-0.39, 0.29) is 12.1 Å². The standard InChI is InChI=1S/C8H12N2O4/c9-2-1-4-7(8(12)13)10-5(11)3-6(10)14-4/h4,6-7H,1-3,9H2,(H,12,13)/t4-,6-,7+/m1/s1. The third kappa shape index (κ3) is 1.18. The summed E-state index contributed by atoms with van der Waals surface area (Å²) in [4.78, 5) is 23.3. The van der Waals surface area contributed by atoms with Crippen LogP contribution in [0.5, 0.6) is 0 Å². The first kappa shape index (κ1) is 9.42. The van der Waals surface area contributed by atoms with E-state index >= 15 is 0 Å². The summed E-state index contributed by atoms with van der Waals surface area (Å²) in [5.41, 5.74) is 5.34. The van der Waals surface area contributed by atoms with Gasteiger partial charge in [0, 0.05) is 0 Å². The lowest BCUT2D eigenvalue weighted by Gasteiger charge is -2.34. The number of rotatable bonds is 3. The molecule has 2 saturated heterocycles. The molecule has 2 rings (SSSR count). The lowest BCUT2D eigenvalue weighted by Crippen LogP contribution is -2.55. The van der Waals surface area contributed by atoms with Crippen molar-refractivity contribution in [1.82, 2.24) is 4.90 Å². The van der Waals surface area contributed by atoms with Gasteiger partial charge < -0.3 is 15.6 Å². The number of carboxylic acid groups (broad SMARTS) is 1. The number of nitrogens with zero attached hydrogens (tertiary/aromatic N) is 1. The zero-order valence-corrected chi connectivity index (χ0v) is 7.55. The summed E-state index contributed by atoms with van der Waals surface area (Å²) < 4.78 is 5.39. The van der Waals surface area contributed by atoms with E-state index < -0.39 is 18.1 Å². The monoisotopic (exact) mass is 200 g/mol. The molecule has 0 aliphatic carbocycles. The van der Waals surface area contributed by atoms with Crippen molar-refractivity contribution in [2.24, 2.45) is 5.73 Å². The number of carboxylic acids is 1. The maximum absolute atomic E-state index is 11.1. The number of ether oxygens (including phenoxy) is 1. The fraction of sp³-hybridized carbons (Fsp3) is 0.750. The summed E-state index contributed by atoms with van der Waals surface area (Å²) in [5, 5.41) is 8.94. The van der Waals surface area contributed by atoms with Gasteiger partial charge >= 0.3 is 5.97 Å². The molecular weight excluding hydrogens is 188 g/mol. The molecule has 2 heterocycles. The van der Waals surface area contributed by atoms with Crippen LogP contribution in [0.1, 0.15) is 12.8 Å². The van der Waals surface area contributed by atoms with Crippen LogP contribution in [-0.2, 0) is 14.3 Å². The molecule has 3 N–H and O–H groups in total. The maximum atomic E-state index is 11.1. The summed E-state index contributed by atoms with van der Waals surface area (Å²) in [6, 6.07) is -0.843. The molecule has 6 nitrogen and oxygen atoms in total. The lowest BCUT2D eigenvalue weighted by molar-refractivity contribution is -0.163. The molecule has 0 spiro atoms. The van der Waals surface area contributed by atoms with Gasteiger partial charge in [-0.1, -0.05) is 0 Å². The van der Waals surface area contributed by atoms with Crippen LogP contribution in [0, 0.1) is 0 Å². The Morgan fingerprint density at radius 1 is 1.71 bits per heavy atom. The Balaban J connectivity index is 2.13. The second kappa shape index (κ2) is 3.21. The van der Waals surface area contributed by atoms with Crippen LogP contribution in [0.2, 0.25) is 0 Å². The van der Waals surface area contributed by atoms with Gasteiger partial charge in [0.2, 0.25) is 5.91 Å². The number of carbonyl (C=O) groups excluding carboxylic acids is 1. The summed E-state index contributed by atoms with van der Waals surface area (Å²) in [6.07, 6.45) is -0.0173. The molecule has 0 radical (unpaired) electrons. The van der Waals surface area contributed by atoms with E-state index in [0.29, 0.717) is 19.4 Å². The van der Waals surface area contributed by atoms with Crippen LogP contribution in [-0.4, -0.2) is 46.8 Å². The Labute approximate surface area is 80.6 Å². The summed E-state index contributed by atoms with van der Waals surface area (Å²) in [6.45, 7) is 0.364. The Morgan fingerprint density at radius 2 is 2.43 bits per heavy atom. The number of hydrogen-bond donors (Lipinski definition) is 2. The number of nitrogens with two attached hydrogens (primary N) is 1. The Kier molecular flexibility index (Phi) is 2.16. The Bertz CT molecular complexity index is 281. The minimum atomic E-state index is -1.01. The minimum Gasteiger partial charge on any atom is -0.480 e. The highest BCUT2D eigenvalue weighted by Gasteiger charge is 2.54. The predicted octanol–water partition coefficient (Wildman–Crippen LogP) is -1.25. The number of hydrogen-bond acceptors (Lipinski definition) is 4. The normalized spacial score (nSPS) is 35.4. The van der Waals surface area contributed by atoms with Gasteiger partial charge in [0.15, 0.2) is 6.04 Å². The van der Waals surface area contributed by atoms with Gasteiger partial charge in [0.25, 0.3) is 0 Å². The van der Waals surface area contributed by atoms with E-state index in [4.69, 9.17) is 15.6 Å². The second-order valence-electron chi connectivity index (χ2n) is 3.49. The zero-order valence-electron chi connectivity index (χ0n) is 7.55. The van der Waals surface area contributed by atoms with Crippen LogP contribution < -0.4 is 5.73 Å². The smallest absolute Gasteiger partial charge is 0.329 e. The first-order chi connectivity index (χ1) is 6.65. The van der Waals surface area contributed by atoms with Gasteiger partial charge in [0.05, 0.1) is 12.5 Å². The first-order valence-electron chi connectivity index (χ1n) is 4.54. The van der Waals surface area contributed by atoms with Crippen molar-refractivity contribution in [3.63, 3.8) is 0 Å². The number of β-lactam (4-membered cyclic amide) rings is 1. The summed E-state index contributed by atoms with van der Waals surface area (Å²) in [7, 11) is 0. The molecule has 3 atom stereocenters. The Hall–Kier alpha value is -1.14. The molecule has 1 amide bonds. The van der Waals surface area contributed by atoms with Gasteiger partial charge in [0.1, 0.15) is 6.23 Å². The molecule has 0 unspecified atom stereocenters. The highest BCUT2D eigenvalue weighted by molar-refractivity contribution is 5.89. The van der Waals surface area contributed by atoms with Crippen LogP contribution in [0.3, 0.4) is 0 Å². The molecule has 78 valence electrons. The van der Waals surface area contributed by atoms with E-state index in [1.54, 1.807) is 0 Å². The third-order valence-electron chi connectivity index (χ3n) is 2.64. The molecule has 0 aromatic rings. The maximum Gasteiger partial charge on any atom is 0.329 e. The van der Waals surface area contributed by atoms with E-state index in [2.05, 4.69) is 0 Å². The average Bonchev–Trinajstić information content (AvgIpc) is 2.39. The molecule has 2 aliphatic rings. The molecule has 0 saturated carbocycles. The molecule has 0 bridgehead atoms. The van der Waals surface area contributed by atoms with Gasteiger partial charge in [-0.2, -0.15) is 0 Å². The number of amides is 1. The number of carbonyl (C=O) groups is 2. The SMILES string of the molecule is NCC[C@H]1O[C@@H]2CC(=O)N2[C@@H]1C(=O)O. The largest absolute Gasteiger partial charge is 0.480 e. The van der Waals surface area contributed by atoms with E-state index in [1.807, 2.05) is 0 Å². The Morgan fingerprint density at radius 3 is 2.93 bits per heavy atom. The first-order valence-corrected chi connectivity index (χ1v) is 4.54. The van der Waals surface area contributed by atoms with Gasteiger partial charge in [-0.15, -0.1) is 0 Å². The van der Waals surface area contributed by atoms with E-state index in [1.165, 1.54) is 4.90 Å². The quantitative estimate of drug-likeness (QED) is 0.555. The molecule has 0 aromatic carbocycles. The van der Waals surface area contributed by atoms with Crippen molar-refractivity contribution in [2.75, 3.05) is 6.54 Å². The predicted molar refractivity (Wildman–Crippen MR) is 45.2 cm³/mol. The van der Waals surface area contributed by atoms with Crippen molar-refractivity contribution in [1.29, 1.82) is 0 Å². The lowest BCUT2D eigenvalue weighted by atomic mass is 10.0. The fourth-order valence-corrected chi connectivity index (χ4v) is 1.97. The summed E-state index contributed by atoms with van der Waals surface area (Å²) in [5.74, 6) is -1.17. The third-order valence-corrected chi connectivity index (χ3v) is 2.64. The minimum absolute atomic E-state index is 0.151. The zero-order chi connectivity index (χ0) is 10.3. The number of fused-ring (bicyclic) bond motifs is 1. The van der Waals surface area contributed by atoms with Crippen molar-refractivity contribution in [2.45, 2.75) is 31.2 Å². The molecule has 2 aliphatic heterocycles. The highest BCUT2D eigenvalue weighted by atomic mass is 16.5. The second-order valence-corrected chi connectivity index (χ2v) is 3.49. The van der Waals surface area contributed by atoms with Gasteiger partial charge in [-0.05, 0) is 13.0 Å². The molecule has 14 heavy (non-hydrogen) atoms. The molecule has 6 heteroatoms. The van der Waals surface area contributed by atoms with Crippen molar-refractivity contribution in [3.8, 4) is 0 Å². The van der Waals surface area contributed by atoms with Crippen molar-refractivity contribution < 1.29 is 19.4 Å². The van der Waals surface area contributed by atoms with Crippen LogP contribution in [0.25, 0.3) is 0 Å². The summed E-state index contributed by atoms with van der Waals surface area (Å²) >= 11 is 0. The van der Waals surface area contributed by atoms with Crippen LogP contribution in [0.4, 0.5) is 0 Å². The number of aliphatic carboxylic acids is 1. The van der Waals surface area contributed by atoms with Gasteiger partial charge in [-0.3, -0.25) is 9.69 Å². The average molecular weight is 200 g/mol. The van der Waals surface area contributed by atoms with Crippen LogP contribution >= 0.6 is 0 Å². The van der Waals surface area contributed by atoms with Gasteiger partial charge in [-0.25, -0.2) is 4.79 Å². The molecule has 0 aromatic heterocycles. The molecule has 2 fully saturated rings. The fourth-order valence-electron chi connectivity index (χ4n) is 1.97. The topological polar surface area (TPSA) is 92.9 Å². The van der Waals surface area contributed by atoms with E-state index in [0.717, 1.165) is 0 Å². The molecular formula is C8H12N2O4. The van der Waals surface area contributed by atoms with Crippen molar-refractivity contribution in [3.05, 3.63) is 0 Å². The highest BCUT2D eigenvalue weighted by Crippen LogP contribution is 2.35. The van der Waals surface area contributed by atoms with Crippen LogP contribution in [0.15, 0.2) is 0 Å².